The summed E-state index contributed by atoms with van der Waals surface area (Å²) in [6.07, 6.45) is 2.03. The molecule has 0 amide bonds. The molecule has 0 aliphatic rings. The Labute approximate surface area is 138 Å². The first-order valence-electron chi connectivity index (χ1n) is 7.34. The maximum absolute atomic E-state index is 6.15. The lowest BCUT2D eigenvalue weighted by molar-refractivity contribution is 0.284. The molecule has 0 heterocycles. The van der Waals surface area contributed by atoms with Crippen molar-refractivity contribution < 1.29 is 9.47 Å². The Hall–Kier alpha value is -1.71. The van der Waals surface area contributed by atoms with Gasteiger partial charge in [-0.1, -0.05) is 49.7 Å². The van der Waals surface area contributed by atoms with Crippen molar-refractivity contribution in [2.24, 2.45) is 5.73 Å². The first-order chi connectivity index (χ1) is 10.2. The lowest BCUT2D eigenvalue weighted by atomic mass is 10.0. The highest BCUT2D eigenvalue weighted by Gasteiger charge is 2.10. The highest BCUT2D eigenvalue weighted by atomic mass is 35.5. The Balaban J connectivity index is 0.00000242. The van der Waals surface area contributed by atoms with Crippen LogP contribution in [0.3, 0.4) is 0 Å². The van der Waals surface area contributed by atoms with Gasteiger partial charge in [0.1, 0.15) is 6.61 Å². The second kappa shape index (κ2) is 9.34. The molecule has 0 aliphatic heterocycles. The van der Waals surface area contributed by atoms with Crippen LogP contribution in [0.25, 0.3) is 0 Å². The molecule has 2 aromatic carbocycles. The third-order valence-electron chi connectivity index (χ3n) is 3.45. The van der Waals surface area contributed by atoms with Crippen LogP contribution in [0.2, 0.25) is 0 Å². The summed E-state index contributed by atoms with van der Waals surface area (Å²) in [6.45, 7) is 2.66. The number of rotatable bonds is 7. The highest BCUT2D eigenvalue weighted by molar-refractivity contribution is 5.85. The normalized spacial score (nSPS) is 11.4. The van der Waals surface area contributed by atoms with Crippen molar-refractivity contribution >= 4 is 12.4 Å². The largest absolute Gasteiger partial charge is 0.493 e. The van der Waals surface area contributed by atoms with E-state index >= 15 is 0 Å². The van der Waals surface area contributed by atoms with Crippen LogP contribution in [0.1, 0.15) is 36.9 Å². The summed E-state index contributed by atoms with van der Waals surface area (Å²) < 4.78 is 11.3. The molecule has 2 rings (SSSR count). The van der Waals surface area contributed by atoms with Gasteiger partial charge in [0.15, 0.2) is 11.5 Å². The first-order valence-corrected chi connectivity index (χ1v) is 7.34. The van der Waals surface area contributed by atoms with Gasteiger partial charge in [-0.15, -0.1) is 12.4 Å². The van der Waals surface area contributed by atoms with E-state index in [9.17, 15) is 0 Å². The quantitative estimate of drug-likeness (QED) is 0.816. The average Bonchev–Trinajstić information content (AvgIpc) is 2.54. The summed E-state index contributed by atoms with van der Waals surface area (Å²) >= 11 is 0. The molecule has 2 N–H and O–H groups in total. The number of ether oxygens (including phenoxy) is 2. The summed E-state index contributed by atoms with van der Waals surface area (Å²) in [5.74, 6) is 1.48. The molecular formula is C18H24ClNO2. The Bertz CT molecular complexity index is 560. The predicted octanol–water partition coefficient (Wildman–Crippen LogP) is 4.50. The van der Waals surface area contributed by atoms with E-state index in [-0.39, 0.29) is 18.4 Å². The van der Waals surface area contributed by atoms with Crippen LogP contribution >= 0.6 is 12.4 Å². The van der Waals surface area contributed by atoms with Gasteiger partial charge in [0.25, 0.3) is 0 Å². The fourth-order valence-corrected chi connectivity index (χ4v) is 2.25. The van der Waals surface area contributed by atoms with E-state index in [1.54, 1.807) is 7.11 Å². The molecule has 0 aromatic heterocycles. The molecule has 0 aliphatic carbocycles. The van der Waals surface area contributed by atoms with Crippen molar-refractivity contribution in [1.29, 1.82) is 0 Å². The van der Waals surface area contributed by atoms with Gasteiger partial charge in [-0.25, -0.2) is 0 Å². The molecule has 2 aromatic rings. The molecule has 0 unspecified atom stereocenters. The van der Waals surface area contributed by atoms with Crippen molar-refractivity contribution in [2.75, 3.05) is 7.11 Å². The maximum atomic E-state index is 6.15. The second-order valence-electron chi connectivity index (χ2n) is 5.08. The van der Waals surface area contributed by atoms with Crippen LogP contribution in [0.4, 0.5) is 0 Å². The Kier molecular flexibility index (Phi) is 7.78. The zero-order chi connectivity index (χ0) is 15.1. The minimum Gasteiger partial charge on any atom is -0.493 e. The van der Waals surface area contributed by atoms with E-state index in [1.807, 2.05) is 48.5 Å². The molecule has 3 nitrogen and oxygen atoms in total. The standard InChI is InChI=1S/C18H23NO2.ClH/c1-3-7-16(19)15-10-11-17(18(12-15)20-2)21-13-14-8-5-4-6-9-14;/h4-6,8-12,16H,3,7,13,19H2,1-2H3;1H/t16-;/m1./s1. The van der Waals surface area contributed by atoms with Crippen LogP contribution in [-0.2, 0) is 6.61 Å². The molecule has 4 heteroatoms. The van der Waals surface area contributed by atoms with Gasteiger partial charge in [-0.3, -0.25) is 0 Å². The monoisotopic (exact) mass is 321 g/mol. The van der Waals surface area contributed by atoms with Crippen LogP contribution in [-0.4, -0.2) is 7.11 Å². The smallest absolute Gasteiger partial charge is 0.161 e. The Morgan fingerprint density at radius 3 is 2.41 bits per heavy atom. The second-order valence-corrected chi connectivity index (χ2v) is 5.08. The molecule has 0 bridgehead atoms. The molecule has 0 radical (unpaired) electrons. The van der Waals surface area contributed by atoms with Gasteiger partial charge < -0.3 is 15.2 Å². The molecule has 0 fully saturated rings. The molecule has 1 atom stereocenters. The number of nitrogens with two attached hydrogens (primary N) is 1. The van der Waals surface area contributed by atoms with Crippen LogP contribution in [0.15, 0.2) is 48.5 Å². The predicted molar refractivity (Wildman–Crippen MR) is 92.9 cm³/mol. The van der Waals surface area contributed by atoms with Crippen LogP contribution in [0, 0.1) is 0 Å². The highest BCUT2D eigenvalue weighted by Crippen LogP contribution is 2.31. The summed E-state index contributed by atoms with van der Waals surface area (Å²) in [5, 5.41) is 0. The van der Waals surface area contributed by atoms with Gasteiger partial charge in [-0.2, -0.15) is 0 Å². The SMILES string of the molecule is CCC[C@@H](N)c1ccc(OCc2ccccc2)c(OC)c1.Cl. The lowest BCUT2D eigenvalue weighted by Crippen LogP contribution is -2.10. The minimum atomic E-state index is 0. The minimum absolute atomic E-state index is 0. The average molecular weight is 322 g/mol. The Morgan fingerprint density at radius 1 is 1.05 bits per heavy atom. The van der Waals surface area contributed by atoms with Crippen molar-refractivity contribution in [2.45, 2.75) is 32.4 Å². The van der Waals surface area contributed by atoms with E-state index in [0.717, 1.165) is 35.5 Å². The van der Waals surface area contributed by atoms with Crippen LogP contribution in [0.5, 0.6) is 11.5 Å². The number of hydrogen-bond acceptors (Lipinski definition) is 3. The Morgan fingerprint density at radius 2 is 1.77 bits per heavy atom. The zero-order valence-electron chi connectivity index (χ0n) is 13.1. The third kappa shape index (κ3) is 4.93. The van der Waals surface area contributed by atoms with E-state index in [0.29, 0.717) is 6.61 Å². The van der Waals surface area contributed by atoms with E-state index < -0.39 is 0 Å². The number of benzene rings is 2. The van der Waals surface area contributed by atoms with Gasteiger partial charge in [0, 0.05) is 6.04 Å². The summed E-state index contributed by atoms with van der Waals surface area (Å²) in [7, 11) is 1.65. The van der Waals surface area contributed by atoms with Crippen molar-refractivity contribution in [3.05, 3.63) is 59.7 Å². The van der Waals surface area contributed by atoms with Crippen LogP contribution < -0.4 is 15.2 Å². The third-order valence-corrected chi connectivity index (χ3v) is 3.45. The number of methoxy groups -OCH3 is 1. The summed E-state index contributed by atoms with van der Waals surface area (Å²) in [4.78, 5) is 0. The van der Waals surface area contributed by atoms with Gasteiger partial charge in [0.2, 0.25) is 0 Å². The van der Waals surface area contributed by atoms with E-state index in [1.165, 1.54) is 0 Å². The maximum Gasteiger partial charge on any atom is 0.161 e. The van der Waals surface area contributed by atoms with Gasteiger partial charge in [-0.05, 0) is 29.7 Å². The fourth-order valence-electron chi connectivity index (χ4n) is 2.25. The summed E-state index contributed by atoms with van der Waals surface area (Å²) in [6, 6.07) is 16.1. The van der Waals surface area contributed by atoms with Crippen molar-refractivity contribution in [3.8, 4) is 11.5 Å². The first kappa shape index (κ1) is 18.3. The van der Waals surface area contributed by atoms with Crippen molar-refractivity contribution in [3.63, 3.8) is 0 Å². The van der Waals surface area contributed by atoms with Gasteiger partial charge in [0.05, 0.1) is 7.11 Å². The number of hydrogen-bond donors (Lipinski definition) is 1. The molecule has 22 heavy (non-hydrogen) atoms. The molecule has 0 saturated heterocycles. The van der Waals surface area contributed by atoms with E-state index in [4.69, 9.17) is 15.2 Å². The lowest BCUT2D eigenvalue weighted by Gasteiger charge is -2.15. The fraction of sp³-hybridized carbons (Fsp3) is 0.333. The zero-order valence-corrected chi connectivity index (χ0v) is 13.9. The van der Waals surface area contributed by atoms with Gasteiger partial charge >= 0.3 is 0 Å². The van der Waals surface area contributed by atoms with E-state index in [2.05, 4.69) is 6.92 Å². The topological polar surface area (TPSA) is 44.5 Å². The molecule has 120 valence electrons. The molecule has 0 spiro atoms. The molecule has 0 saturated carbocycles. The van der Waals surface area contributed by atoms with Crippen molar-refractivity contribution in [1.82, 2.24) is 0 Å². The molecular weight excluding hydrogens is 298 g/mol. The summed E-state index contributed by atoms with van der Waals surface area (Å²) in [5.41, 5.74) is 8.36. The number of halogens is 1.